The van der Waals surface area contributed by atoms with Crippen molar-refractivity contribution < 1.29 is 14.3 Å². The van der Waals surface area contributed by atoms with E-state index in [0.717, 1.165) is 0 Å². The van der Waals surface area contributed by atoms with Crippen molar-refractivity contribution in [2.24, 2.45) is 5.73 Å². The van der Waals surface area contributed by atoms with E-state index in [2.05, 4.69) is 10.4 Å². The number of rotatable bonds is 5. The zero-order chi connectivity index (χ0) is 12.1. The Morgan fingerprint density at radius 2 is 2.31 bits per heavy atom. The fourth-order valence-corrected chi connectivity index (χ4v) is 1.19. The van der Waals surface area contributed by atoms with Crippen LogP contribution in [0.5, 0.6) is 0 Å². The Morgan fingerprint density at radius 3 is 2.81 bits per heavy atom. The van der Waals surface area contributed by atoms with Gasteiger partial charge in [0.05, 0.1) is 18.7 Å². The van der Waals surface area contributed by atoms with Gasteiger partial charge in [0.15, 0.2) is 5.69 Å². The maximum absolute atomic E-state index is 11.4. The summed E-state index contributed by atoms with van der Waals surface area (Å²) in [6.07, 6.45) is 1.44. The maximum atomic E-state index is 11.4. The number of hydrogen-bond acceptors (Lipinski definition) is 4. The van der Waals surface area contributed by atoms with Crippen LogP contribution >= 0.6 is 0 Å². The highest BCUT2D eigenvalue weighted by Gasteiger charge is 2.19. The molecule has 0 atom stereocenters. The molecule has 1 rings (SSSR count). The fourth-order valence-electron chi connectivity index (χ4n) is 1.19. The van der Waals surface area contributed by atoms with Gasteiger partial charge in [-0.25, -0.2) is 0 Å². The molecular formula is C9H14N4O3. The van der Waals surface area contributed by atoms with Crippen molar-refractivity contribution in [3.8, 4) is 0 Å². The van der Waals surface area contributed by atoms with E-state index in [1.54, 1.807) is 7.11 Å². The number of carbonyl (C=O) groups excluding carboxylic acids is 2. The number of nitrogens with zero attached hydrogens (tertiary/aromatic N) is 2. The topological polar surface area (TPSA) is 99.2 Å². The Kier molecular flexibility index (Phi) is 4.01. The lowest BCUT2D eigenvalue weighted by Gasteiger charge is -1.98. The Bertz CT molecular complexity index is 399. The average Bonchev–Trinajstić information content (AvgIpc) is 2.69. The van der Waals surface area contributed by atoms with Crippen LogP contribution in [-0.2, 0) is 11.3 Å². The molecule has 0 radical (unpaired) electrons. The normalized spacial score (nSPS) is 10.1. The van der Waals surface area contributed by atoms with Gasteiger partial charge in [-0.2, -0.15) is 5.10 Å². The van der Waals surface area contributed by atoms with Gasteiger partial charge in [0.2, 0.25) is 0 Å². The van der Waals surface area contributed by atoms with Crippen molar-refractivity contribution in [1.82, 2.24) is 15.1 Å². The van der Waals surface area contributed by atoms with Gasteiger partial charge >= 0.3 is 0 Å². The molecule has 1 heterocycles. The molecule has 0 saturated heterocycles. The van der Waals surface area contributed by atoms with E-state index in [1.807, 2.05) is 0 Å². The first-order chi connectivity index (χ1) is 7.60. The number of nitrogens with one attached hydrogen (secondary N) is 1. The Hall–Kier alpha value is -1.89. The number of amides is 2. The molecule has 3 N–H and O–H groups in total. The fraction of sp³-hybridized carbons (Fsp3) is 0.444. The second-order valence-electron chi connectivity index (χ2n) is 3.09. The van der Waals surface area contributed by atoms with E-state index < -0.39 is 11.8 Å². The van der Waals surface area contributed by atoms with Crippen LogP contribution in [0.1, 0.15) is 20.8 Å². The minimum absolute atomic E-state index is 0.0334. The third kappa shape index (κ3) is 2.57. The molecule has 0 aromatic carbocycles. The molecule has 0 saturated carbocycles. The predicted molar refractivity (Wildman–Crippen MR) is 56.0 cm³/mol. The van der Waals surface area contributed by atoms with Crippen molar-refractivity contribution >= 4 is 11.8 Å². The molecule has 88 valence electrons. The molecule has 7 heteroatoms. The summed E-state index contributed by atoms with van der Waals surface area (Å²) in [5.41, 5.74) is 5.29. The van der Waals surface area contributed by atoms with Gasteiger partial charge in [0, 0.05) is 20.4 Å². The summed E-state index contributed by atoms with van der Waals surface area (Å²) in [6, 6.07) is 0. The monoisotopic (exact) mass is 226 g/mol. The molecule has 0 unspecified atom stereocenters. The zero-order valence-electron chi connectivity index (χ0n) is 9.19. The van der Waals surface area contributed by atoms with Crippen LogP contribution in [0.2, 0.25) is 0 Å². The number of hydrogen-bond donors (Lipinski definition) is 2. The van der Waals surface area contributed by atoms with Gasteiger partial charge in [-0.1, -0.05) is 0 Å². The zero-order valence-corrected chi connectivity index (χ0v) is 9.19. The van der Waals surface area contributed by atoms with E-state index in [9.17, 15) is 9.59 Å². The predicted octanol–water partition coefficient (Wildman–Crippen LogP) is -1.01. The molecule has 1 aromatic rings. The molecule has 0 fully saturated rings. The lowest BCUT2D eigenvalue weighted by molar-refractivity contribution is 0.0939. The molecule has 16 heavy (non-hydrogen) atoms. The van der Waals surface area contributed by atoms with Gasteiger partial charge < -0.3 is 15.8 Å². The van der Waals surface area contributed by atoms with Crippen LogP contribution in [-0.4, -0.2) is 42.4 Å². The van der Waals surface area contributed by atoms with Crippen LogP contribution < -0.4 is 11.1 Å². The van der Waals surface area contributed by atoms with Crippen LogP contribution in [0.15, 0.2) is 6.20 Å². The number of methoxy groups -OCH3 is 1. The first-order valence-corrected chi connectivity index (χ1v) is 4.68. The number of ether oxygens (including phenoxy) is 1. The van der Waals surface area contributed by atoms with Crippen molar-refractivity contribution in [3.05, 3.63) is 17.5 Å². The van der Waals surface area contributed by atoms with Crippen molar-refractivity contribution in [3.63, 3.8) is 0 Å². The SMILES string of the molecule is CNC(=O)c1nn(CCOC)cc1C(N)=O. The van der Waals surface area contributed by atoms with Gasteiger partial charge in [-0.15, -0.1) is 0 Å². The average molecular weight is 226 g/mol. The van der Waals surface area contributed by atoms with Crippen LogP contribution in [0.25, 0.3) is 0 Å². The van der Waals surface area contributed by atoms with Crippen molar-refractivity contribution in [2.45, 2.75) is 6.54 Å². The summed E-state index contributed by atoms with van der Waals surface area (Å²) >= 11 is 0. The quantitative estimate of drug-likeness (QED) is 0.671. The van der Waals surface area contributed by atoms with E-state index >= 15 is 0 Å². The van der Waals surface area contributed by atoms with Crippen LogP contribution in [0, 0.1) is 0 Å². The third-order valence-corrected chi connectivity index (χ3v) is 1.99. The molecule has 2 amide bonds. The Labute approximate surface area is 92.6 Å². The summed E-state index contributed by atoms with van der Waals surface area (Å²) in [7, 11) is 3.01. The summed E-state index contributed by atoms with van der Waals surface area (Å²) < 4.78 is 6.32. The minimum Gasteiger partial charge on any atom is -0.383 e. The Morgan fingerprint density at radius 1 is 1.62 bits per heavy atom. The summed E-state index contributed by atoms with van der Waals surface area (Å²) in [5.74, 6) is -1.12. The summed E-state index contributed by atoms with van der Waals surface area (Å²) in [4.78, 5) is 22.5. The van der Waals surface area contributed by atoms with Crippen molar-refractivity contribution in [2.75, 3.05) is 20.8 Å². The highest BCUT2D eigenvalue weighted by molar-refractivity contribution is 6.05. The Balaban J connectivity index is 3.00. The highest BCUT2D eigenvalue weighted by atomic mass is 16.5. The van der Waals surface area contributed by atoms with Gasteiger partial charge in [0.1, 0.15) is 0 Å². The number of aromatic nitrogens is 2. The van der Waals surface area contributed by atoms with Gasteiger partial charge in [-0.3, -0.25) is 14.3 Å². The van der Waals surface area contributed by atoms with E-state index in [4.69, 9.17) is 10.5 Å². The van der Waals surface area contributed by atoms with Crippen LogP contribution in [0.3, 0.4) is 0 Å². The van der Waals surface area contributed by atoms with Gasteiger partial charge in [-0.05, 0) is 0 Å². The van der Waals surface area contributed by atoms with Crippen molar-refractivity contribution in [1.29, 1.82) is 0 Å². The second kappa shape index (κ2) is 5.26. The lowest BCUT2D eigenvalue weighted by Crippen LogP contribution is -2.23. The first kappa shape index (κ1) is 12.2. The molecule has 0 aliphatic carbocycles. The van der Waals surface area contributed by atoms with E-state index in [1.165, 1.54) is 17.9 Å². The molecular weight excluding hydrogens is 212 g/mol. The first-order valence-electron chi connectivity index (χ1n) is 4.68. The largest absolute Gasteiger partial charge is 0.383 e. The minimum atomic E-state index is -0.678. The summed E-state index contributed by atoms with van der Waals surface area (Å²) in [5, 5.41) is 6.36. The smallest absolute Gasteiger partial charge is 0.272 e. The highest BCUT2D eigenvalue weighted by Crippen LogP contribution is 2.06. The molecule has 7 nitrogen and oxygen atoms in total. The molecule has 1 aromatic heterocycles. The molecule has 0 aliphatic heterocycles. The van der Waals surface area contributed by atoms with Gasteiger partial charge in [0.25, 0.3) is 11.8 Å². The molecule has 0 bridgehead atoms. The molecule has 0 spiro atoms. The summed E-state index contributed by atoms with van der Waals surface area (Å²) in [6.45, 7) is 0.890. The van der Waals surface area contributed by atoms with E-state index in [0.29, 0.717) is 13.2 Å². The van der Waals surface area contributed by atoms with Crippen LogP contribution in [0.4, 0.5) is 0 Å². The number of carbonyl (C=O) groups is 2. The molecule has 0 aliphatic rings. The third-order valence-electron chi connectivity index (χ3n) is 1.99. The standard InChI is InChI=1S/C9H14N4O3/c1-11-9(15)7-6(8(10)14)5-13(12-7)3-4-16-2/h5H,3-4H2,1-2H3,(H2,10,14)(H,11,15). The maximum Gasteiger partial charge on any atom is 0.272 e. The van der Waals surface area contributed by atoms with E-state index in [-0.39, 0.29) is 11.3 Å². The number of nitrogens with two attached hydrogens (primary N) is 1. The lowest BCUT2D eigenvalue weighted by atomic mass is 10.2. The second-order valence-corrected chi connectivity index (χ2v) is 3.09. The number of primary amides is 1.